The van der Waals surface area contributed by atoms with E-state index in [1.54, 1.807) is 12.4 Å². The average molecular weight is 407 g/mol. The highest BCUT2D eigenvalue weighted by molar-refractivity contribution is 5.94. The summed E-state index contributed by atoms with van der Waals surface area (Å²) < 4.78 is 0. The molecule has 30 heavy (non-hydrogen) atoms. The van der Waals surface area contributed by atoms with E-state index in [2.05, 4.69) is 15.2 Å². The lowest BCUT2D eigenvalue weighted by Crippen LogP contribution is -2.57. The topological polar surface area (TPSA) is 65.5 Å². The molecule has 158 valence electrons. The van der Waals surface area contributed by atoms with Crippen molar-refractivity contribution in [1.82, 2.24) is 20.1 Å². The van der Waals surface area contributed by atoms with Crippen LogP contribution in [0.1, 0.15) is 41.6 Å². The smallest absolute Gasteiger partial charge is 0.253 e. The van der Waals surface area contributed by atoms with Gasteiger partial charge in [-0.2, -0.15) is 0 Å². The molecule has 1 atom stereocenters. The van der Waals surface area contributed by atoms with Crippen LogP contribution in [0.2, 0.25) is 0 Å². The third-order valence-corrected chi connectivity index (χ3v) is 6.35. The predicted octanol–water partition coefficient (Wildman–Crippen LogP) is 2.71. The Hall–Kier alpha value is -2.73. The van der Waals surface area contributed by atoms with Gasteiger partial charge in [-0.3, -0.25) is 19.5 Å². The van der Waals surface area contributed by atoms with Crippen LogP contribution in [-0.4, -0.2) is 58.8 Å². The van der Waals surface area contributed by atoms with Crippen LogP contribution in [0.25, 0.3) is 0 Å². The molecule has 1 N–H and O–H groups in total. The number of aromatic nitrogens is 1. The van der Waals surface area contributed by atoms with E-state index in [1.807, 2.05) is 47.4 Å². The first-order chi connectivity index (χ1) is 14.7. The highest BCUT2D eigenvalue weighted by Crippen LogP contribution is 2.31. The maximum absolute atomic E-state index is 13.2. The Morgan fingerprint density at radius 3 is 2.30 bits per heavy atom. The highest BCUT2D eigenvalue weighted by Gasteiger charge is 2.37. The molecule has 0 spiro atoms. The van der Waals surface area contributed by atoms with Crippen LogP contribution in [0, 0.1) is 5.92 Å². The van der Waals surface area contributed by atoms with Gasteiger partial charge >= 0.3 is 0 Å². The van der Waals surface area contributed by atoms with E-state index in [1.165, 1.54) is 12.8 Å². The molecule has 1 aromatic heterocycles. The lowest BCUT2D eigenvalue weighted by molar-refractivity contribution is -0.129. The molecular formula is C24H30N4O2. The molecule has 2 amide bonds. The number of hydrogen-bond acceptors (Lipinski definition) is 4. The minimum atomic E-state index is -0.108. The summed E-state index contributed by atoms with van der Waals surface area (Å²) in [5, 5.41) is 3.14. The summed E-state index contributed by atoms with van der Waals surface area (Å²) in [6.07, 6.45) is 8.11. The quantitative estimate of drug-likeness (QED) is 0.801. The molecule has 1 aromatic carbocycles. The number of carbonyl (C=O) groups is 2. The molecule has 1 saturated carbocycles. The zero-order chi connectivity index (χ0) is 20.8. The van der Waals surface area contributed by atoms with Gasteiger partial charge in [-0.15, -0.1) is 0 Å². The van der Waals surface area contributed by atoms with Crippen LogP contribution in [-0.2, 0) is 11.3 Å². The van der Waals surface area contributed by atoms with Crippen molar-refractivity contribution in [3.05, 3.63) is 66.0 Å². The van der Waals surface area contributed by atoms with Crippen molar-refractivity contribution in [2.24, 2.45) is 5.92 Å². The maximum atomic E-state index is 13.2. The van der Waals surface area contributed by atoms with Crippen molar-refractivity contribution >= 4 is 11.8 Å². The Morgan fingerprint density at radius 2 is 1.63 bits per heavy atom. The molecule has 6 nitrogen and oxygen atoms in total. The van der Waals surface area contributed by atoms with Gasteiger partial charge in [0.1, 0.15) is 0 Å². The van der Waals surface area contributed by atoms with Gasteiger partial charge in [0.25, 0.3) is 5.91 Å². The van der Waals surface area contributed by atoms with Gasteiger partial charge in [-0.25, -0.2) is 0 Å². The molecular weight excluding hydrogens is 376 g/mol. The van der Waals surface area contributed by atoms with Crippen molar-refractivity contribution in [1.29, 1.82) is 0 Å². The van der Waals surface area contributed by atoms with Gasteiger partial charge in [-0.05, 0) is 48.6 Å². The zero-order valence-corrected chi connectivity index (χ0v) is 17.4. The fourth-order valence-electron chi connectivity index (χ4n) is 4.71. The molecule has 1 unspecified atom stereocenters. The number of hydrogen-bond donors (Lipinski definition) is 1. The molecule has 4 rings (SSSR count). The number of amides is 2. The molecule has 2 aromatic rings. The Labute approximate surface area is 178 Å². The molecule has 6 heteroatoms. The number of benzene rings is 1. The van der Waals surface area contributed by atoms with Crippen molar-refractivity contribution in [3.63, 3.8) is 0 Å². The summed E-state index contributed by atoms with van der Waals surface area (Å²) in [6.45, 7) is 3.32. The Balaban J connectivity index is 1.38. The molecule has 1 aliphatic carbocycles. The number of pyridine rings is 1. The normalized spacial score (nSPS) is 18.9. The number of nitrogens with zero attached hydrogens (tertiary/aromatic N) is 3. The number of nitrogens with one attached hydrogen (secondary N) is 1. The fraction of sp³-hybridized carbons (Fsp3) is 0.458. The van der Waals surface area contributed by atoms with Crippen LogP contribution in [0.4, 0.5) is 0 Å². The summed E-state index contributed by atoms with van der Waals surface area (Å²) in [7, 11) is 0. The van der Waals surface area contributed by atoms with Gasteiger partial charge in [0, 0.05) is 50.7 Å². The first-order valence-corrected chi connectivity index (χ1v) is 11.0. The molecule has 2 heterocycles. The van der Waals surface area contributed by atoms with E-state index in [0.29, 0.717) is 25.6 Å². The lowest BCUT2D eigenvalue weighted by Gasteiger charge is -2.40. The number of rotatable bonds is 6. The third-order valence-electron chi connectivity index (χ3n) is 6.35. The van der Waals surface area contributed by atoms with E-state index in [4.69, 9.17) is 0 Å². The lowest BCUT2D eigenvalue weighted by atomic mass is 9.94. The fourth-order valence-corrected chi connectivity index (χ4v) is 4.71. The van der Waals surface area contributed by atoms with E-state index in [0.717, 1.165) is 37.1 Å². The monoisotopic (exact) mass is 406 g/mol. The summed E-state index contributed by atoms with van der Waals surface area (Å²) in [5.74, 6) is 0.593. The first kappa shape index (κ1) is 20.5. The van der Waals surface area contributed by atoms with Gasteiger partial charge in [0.15, 0.2) is 0 Å². The van der Waals surface area contributed by atoms with Crippen molar-refractivity contribution in [2.75, 3.05) is 26.2 Å². The standard InChI is InChI=1S/C24H30N4O2/c29-23(26-18-19-10-12-25-13-11-19)22(20-6-4-5-7-20)27-14-16-28(17-15-27)24(30)21-8-2-1-3-9-21/h1-3,8-13,20,22H,4-7,14-18H2,(H,26,29). The average Bonchev–Trinajstić information content (AvgIpc) is 3.33. The predicted molar refractivity (Wildman–Crippen MR) is 116 cm³/mol. The maximum Gasteiger partial charge on any atom is 0.253 e. The van der Waals surface area contributed by atoms with Crippen LogP contribution >= 0.6 is 0 Å². The molecule has 1 saturated heterocycles. The minimum absolute atomic E-state index is 0.0785. The van der Waals surface area contributed by atoms with Gasteiger partial charge in [0.05, 0.1) is 6.04 Å². The van der Waals surface area contributed by atoms with Gasteiger partial charge in [-0.1, -0.05) is 31.0 Å². The Kier molecular flexibility index (Phi) is 6.74. The summed E-state index contributed by atoms with van der Waals surface area (Å²) in [4.78, 5) is 34.2. The summed E-state index contributed by atoms with van der Waals surface area (Å²) in [6, 6.07) is 13.2. The summed E-state index contributed by atoms with van der Waals surface area (Å²) >= 11 is 0. The second-order valence-electron chi connectivity index (χ2n) is 8.26. The third kappa shape index (κ3) is 4.87. The van der Waals surface area contributed by atoms with E-state index in [-0.39, 0.29) is 17.9 Å². The second-order valence-corrected chi connectivity index (χ2v) is 8.26. The SMILES string of the molecule is O=C(NCc1ccncc1)C(C1CCCC1)N1CCN(C(=O)c2ccccc2)CC1. The van der Waals surface area contributed by atoms with Crippen LogP contribution in [0.5, 0.6) is 0 Å². The van der Waals surface area contributed by atoms with E-state index < -0.39 is 0 Å². The van der Waals surface area contributed by atoms with Gasteiger partial charge in [0.2, 0.25) is 5.91 Å². The molecule has 2 fully saturated rings. The highest BCUT2D eigenvalue weighted by atomic mass is 16.2. The number of carbonyl (C=O) groups excluding carboxylic acids is 2. The molecule has 0 radical (unpaired) electrons. The second kappa shape index (κ2) is 9.85. The Bertz CT molecular complexity index is 829. The largest absolute Gasteiger partial charge is 0.351 e. The van der Waals surface area contributed by atoms with E-state index in [9.17, 15) is 9.59 Å². The zero-order valence-electron chi connectivity index (χ0n) is 17.4. The molecule has 2 aliphatic rings. The molecule has 1 aliphatic heterocycles. The minimum Gasteiger partial charge on any atom is -0.351 e. The first-order valence-electron chi connectivity index (χ1n) is 11.0. The van der Waals surface area contributed by atoms with E-state index >= 15 is 0 Å². The van der Waals surface area contributed by atoms with Crippen molar-refractivity contribution in [3.8, 4) is 0 Å². The van der Waals surface area contributed by atoms with Crippen molar-refractivity contribution in [2.45, 2.75) is 38.3 Å². The number of piperazine rings is 1. The van der Waals surface area contributed by atoms with Crippen LogP contribution < -0.4 is 5.32 Å². The van der Waals surface area contributed by atoms with Crippen LogP contribution in [0.15, 0.2) is 54.9 Å². The molecule has 0 bridgehead atoms. The Morgan fingerprint density at radius 1 is 0.967 bits per heavy atom. The van der Waals surface area contributed by atoms with Gasteiger partial charge < -0.3 is 10.2 Å². The van der Waals surface area contributed by atoms with Crippen LogP contribution in [0.3, 0.4) is 0 Å². The van der Waals surface area contributed by atoms with Crippen molar-refractivity contribution < 1.29 is 9.59 Å². The summed E-state index contributed by atoms with van der Waals surface area (Å²) in [5.41, 5.74) is 1.79.